The Labute approximate surface area is 54.9 Å². The molecule has 48 valence electrons. The van der Waals surface area contributed by atoms with E-state index in [9.17, 15) is 0 Å². The minimum Gasteiger partial charge on any atom is -0.369 e. The van der Waals surface area contributed by atoms with Crippen molar-refractivity contribution in [3.05, 3.63) is 12.3 Å². The standard InChI is InChI=1S/C6H9N3/c1-6(4-7)8-5-9(2)3/h5H,1H2,2-3H3. The Morgan fingerprint density at radius 2 is 2.33 bits per heavy atom. The van der Waals surface area contributed by atoms with Gasteiger partial charge in [0, 0.05) is 14.1 Å². The van der Waals surface area contributed by atoms with Gasteiger partial charge in [-0.1, -0.05) is 6.58 Å². The van der Waals surface area contributed by atoms with Crippen molar-refractivity contribution in [2.24, 2.45) is 4.99 Å². The molecule has 0 atom stereocenters. The van der Waals surface area contributed by atoms with Gasteiger partial charge in [0.25, 0.3) is 0 Å². The molecule has 0 unspecified atom stereocenters. The molecule has 0 rings (SSSR count). The van der Waals surface area contributed by atoms with Gasteiger partial charge in [-0.15, -0.1) is 0 Å². The molecule has 0 aromatic carbocycles. The van der Waals surface area contributed by atoms with E-state index in [1.54, 1.807) is 11.0 Å². The highest BCUT2D eigenvalue weighted by atomic mass is 15.1. The quantitative estimate of drug-likeness (QED) is 0.306. The topological polar surface area (TPSA) is 39.4 Å². The van der Waals surface area contributed by atoms with Crippen LogP contribution in [0.3, 0.4) is 0 Å². The van der Waals surface area contributed by atoms with Crippen molar-refractivity contribution in [3.8, 4) is 6.07 Å². The van der Waals surface area contributed by atoms with Crippen LogP contribution in [0.5, 0.6) is 0 Å². The average Bonchev–Trinajstić information content (AvgIpc) is 1.83. The number of aliphatic imine (C=N–C) groups is 1. The van der Waals surface area contributed by atoms with Gasteiger partial charge in [0.1, 0.15) is 11.8 Å². The minimum atomic E-state index is 0.226. The molecule has 0 spiro atoms. The highest BCUT2D eigenvalue weighted by Gasteiger charge is 1.80. The van der Waals surface area contributed by atoms with Gasteiger partial charge in [0.2, 0.25) is 0 Å². The van der Waals surface area contributed by atoms with E-state index >= 15 is 0 Å². The molecule has 3 heteroatoms. The van der Waals surface area contributed by atoms with Crippen LogP contribution < -0.4 is 0 Å². The summed E-state index contributed by atoms with van der Waals surface area (Å²) in [5.74, 6) is 0. The molecule has 0 amide bonds. The monoisotopic (exact) mass is 123 g/mol. The molecule has 0 N–H and O–H groups in total. The third-order valence-electron chi connectivity index (χ3n) is 0.574. The van der Waals surface area contributed by atoms with Crippen molar-refractivity contribution in [1.82, 2.24) is 4.90 Å². The van der Waals surface area contributed by atoms with Gasteiger partial charge < -0.3 is 4.90 Å². The zero-order valence-electron chi connectivity index (χ0n) is 5.63. The molecule has 0 heterocycles. The maximum atomic E-state index is 8.17. The summed E-state index contributed by atoms with van der Waals surface area (Å²) in [6.45, 7) is 3.36. The van der Waals surface area contributed by atoms with Gasteiger partial charge in [-0.05, 0) is 0 Å². The van der Waals surface area contributed by atoms with E-state index in [0.29, 0.717) is 0 Å². The Kier molecular flexibility index (Phi) is 3.14. The van der Waals surface area contributed by atoms with Gasteiger partial charge in [0.15, 0.2) is 0 Å². The van der Waals surface area contributed by atoms with Crippen LogP contribution in [0.2, 0.25) is 0 Å². The van der Waals surface area contributed by atoms with Crippen molar-refractivity contribution in [3.63, 3.8) is 0 Å². The van der Waals surface area contributed by atoms with Crippen LogP contribution in [-0.2, 0) is 0 Å². The van der Waals surface area contributed by atoms with Crippen LogP contribution in [0, 0.1) is 11.3 Å². The lowest BCUT2D eigenvalue weighted by molar-refractivity contribution is 0.642. The summed E-state index contributed by atoms with van der Waals surface area (Å²) in [7, 11) is 3.66. The zero-order valence-corrected chi connectivity index (χ0v) is 5.63. The number of hydrogen-bond acceptors (Lipinski definition) is 2. The van der Waals surface area contributed by atoms with Crippen LogP contribution in [-0.4, -0.2) is 25.3 Å². The van der Waals surface area contributed by atoms with Crippen molar-refractivity contribution in [2.75, 3.05) is 14.1 Å². The lowest BCUT2D eigenvalue weighted by Gasteiger charge is -1.99. The fourth-order valence-electron chi connectivity index (χ4n) is 0.214. The lowest BCUT2D eigenvalue weighted by Crippen LogP contribution is -2.07. The number of nitriles is 1. The van der Waals surface area contributed by atoms with Gasteiger partial charge in [-0.25, -0.2) is 4.99 Å². The summed E-state index contributed by atoms with van der Waals surface area (Å²) in [6.07, 6.45) is 1.53. The van der Waals surface area contributed by atoms with E-state index in [4.69, 9.17) is 5.26 Å². The SMILES string of the molecule is C=C(C#N)N=CN(C)C. The van der Waals surface area contributed by atoms with Crippen LogP contribution in [0.4, 0.5) is 0 Å². The molecule has 0 fully saturated rings. The van der Waals surface area contributed by atoms with E-state index in [-0.39, 0.29) is 5.70 Å². The van der Waals surface area contributed by atoms with Gasteiger partial charge in [-0.3, -0.25) is 0 Å². The molecule has 0 bridgehead atoms. The predicted molar refractivity (Wildman–Crippen MR) is 36.9 cm³/mol. The fourth-order valence-corrected chi connectivity index (χ4v) is 0.214. The van der Waals surface area contributed by atoms with Crippen LogP contribution in [0.1, 0.15) is 0 Å². The van der Waals surface area contributed by atoms with Gasteiger partial charge in [-0.2, -0.15) is 5.26 Å². The smallest absolute Gasteiger partial charge is 0.135 e. The highest BCUT2D eigenvalue weighted by Crippen LogP contribution is 1.85. The third kappa shape index (κ3) is 4.56. The van der Waals surface area contributed by atoms with E-state index in [2.05, 4.69) is 11.6 Å². The third-order valence-corrected chi connectivity index (χ3v) is 0.574. The Bertz CT molecular complexity index is 162. The van der Waals surface area contributed by atoms with Gasteiger partial charge >= 0.3 is 0 Å². The molecular formula is C6H9N3. The maximum absolute atomic E-state index is 8.17. The Balaban J connectivity index is 3.75. The summed E-state index contributed by atoms with van der Waals surface area (Å²) in [5.41, 5.74) is 0.226. The van der Waals surface area contributed by atoms with Crippen LogP contribution in [0.15, 0.2) is 17.3 Å². The van der Waals surface area contributed by atoms with E-state index in [1.807, 2.05) is 14.1 Å². The van der Waals surface area contributed by atoms with Crippen LogP contribution >= 0.6 is 0 Å². The largest absolute Gasteiger partial charge is 0.369 e. The maximum Gasteiger partial charge on any atom is 0.135 e. The number of nitrogens with zero attached hydrogens (tertiary/aromatic N) is 3. The first-order valence-corrected chi connectivity index (χ1v) is 2.46. The second kappa shape index (κ2) is 3.67. The number of allylic oxidation sites excluding steroid dienone is 1. The lowest BCUT2D eigenvalue weighted by atomic mass is 10.6. The molecule has 0 aliphatic carbocycles. The number of rotatable bonds is 2. The Hall–Kier alpha value is -1.30. The van der Waals surface area contributed by atoms with Crippen LogP contribution in [0.25, 0.3) is 0 Å². The molecular weight excluding hydrogens is 114 g/mol. The van der Waals surface area contributed by atoms with Crippen molar-refractivity contribution in [1.29, 1.82) is 5.26 Å². The summed E-state index contributed by atoms with van der Waals surface area (Å²) in [4.78, 5) is 5.43. The zero-order chi connectivity index (χ0) is 7.28. The number of hydrogen-bond donors (Lipinski definition) is 0. The molecule has 0 aromatic rings. The second-order valence-corrected chi connectivity index (χ2v) is 1.77. The summed E-state index contributed by atoms with van der Waals surface area (Å²) in [6, 6.07) is 1.80. The molecule has 0 saturated heterocycles. The summed E-state index contributed by atoms with van der Waals surface area (Å²) < 4.78 is 0. The molecule has 0 aliphatic heterocycles. The van der Waals surface area contributed by atoms with E-state index < -0.39 is 0 Å². The average molecular weight is 123 g/mol. The Morgan fingerprint density at radius 1 is 1.78 bits per heavy atom. The first kappa shape index (κ1) is 7.70. The first-order valence-electron chi connectivity index (χ1n) is 2.46. The Morgan fingerprint density at radius 3 is 2.67 bits per heavy atom. The van der Waals surface area contributed by atoms with Crippen molar-refractivity contribution < 1.29 is 0 Å². The van der Waals surface area contributed by atoms with Crippen molar-refractivity contribution >= 4 is 6.34 Å². The molecule has 9 heavy (non-hydrogen) atoms. The van der Waals surface area contributed by atoms with Crippen molar-refractivity contribution in [2.45, 2.75) is 0 Å². The molecule has 0 aromatic heterocycles. The van der Waals surface area contributed by atoms with E-state index in [0.717, 1.165) is 0 Å². The molecule has 3 nitrogen and oxygen atoms in total. The van der Waals surface area contributed by atoms with E-state index in [1.165, 1.54) is 6.34 Å². The summed E-state index contributed by atoms with van der Waals surface area (Å²) in [5, 5.41) is 8.17. The van der Waals surface area contributed by atoms with Gasteiger partial charge in [0.05, 0.1) is 6.34 Å². The molecule has 0 saturated carbocycles. The fraction of sp³-hybridized carbons (Fsp3) is 0.333. The minimum absolute atomic E-state index is 0.226. The molecule has 0 radical (unpaired) electrons. The second-order valence-electron chi connectivity index (χ2n) is 1.77. The molecule has 0 aliphatic rings. The summed E-state index contributed by atoms with van der Waals surface area (Å²) >= 11 is 0. The normalized spacial score (nSPS) is 9.00. The first-order chi connectivity index (χ1) is 4.16. The predicted octanol–water partition coefficient (Wildman–Crippen LogP) is 0.614. The highest BCUT2D eigenvalue weighted by molar-refractivity contribution is 5.56.